The summed E-state index contributed by atoms with van der Waals surface area (Å²) in [5, 5.41) is 2.53. The fourth-order valence-corrected chi connectivity index (χ4v) is 3.61. The van der Waals surface area contributed by atoms with Crippen LogP contribution in [0.1, 0.15) is 18.4 Å². The zero-order valence-corrected chi connectivity index (χ0v) is 15.1. The highest BCUT2D eigenvalue weighted by molar-refractivity contribution is 6.31. The molecule has 1 aliphatic rings. The molecule has 1 aromatic heterocycles. The molecule has 134 valence electrons. The molecule has 0 spiro atoms. The molecule has 0 bridgehead atoms. The molecule has 1 fully saturated rings. The van der Waals surface area contributed by atoms with Gasteiger partial charge in [0.05, 0.1) is 0 Å². The molecule has 2 heterocycles. The molecule has 26 heavy (non-hydrogen) atoms. The molecule has 0 radical (unpaired) electrons. The van der Waals surface area contributed by atoms with Crippen molar-refractivity contribution in [1.82, 2.24) is 9.88 Å². The Bertz CT molecular complexity index is 909. The largest absolute Gasteiger partial charge is 0.487 e. The number of aromatic nitrogens is 1. The van der Waals surface area contributed by atoms with Crippen LogP contribution in [0.3, 0.4) is 0 Å². The average molecular weight is 371 g/mol. The van der Waals surface area contributed by atoms with Crippen molar-refractivity contribution in [3.8, 4) is 5.75 Å². The first-order chi connectivity index (χ1) is 12.7. The van der Waals surface area contributed by atoms with Crippen LogP contribution in [0.15, 0.2) is 54.9 Å². The van der Waals surface area contributed by atoms with E-state index >= 15 is 0 Å². The topological polar surface area (TPSA) is 25.4 Å². The van der Waals surface area contributed by atoms with E-state index in [1.807, 2.05) is 24.3 Å². The van der Waals surface area contributed by atoms with E-state index in [1.165, 1.54) is 6.07 Å². The highest BCUT2D eigenvalue weighted by atomic mass is 35.5. The molecule has 3 aromatic rings. The third kappa shape index (κ3) is 3.81. The highest BCUT2D eigenvalue weighted by Gasteiger charge is 2.22. The van der Waals surface area contributed by atoms with E-state index in [-0.39, 0.29) is 11.9 Å². The van der Waals surface area contributed by atoms with E-state index in [2.05, 4.69) is 16.0 Å². The molecule has 0 atom stereocenters. The van der Waals surface area contributed by atoms with Crippen LogP contribution in [0.25, 0.3) is 10.8 Å². The Hall–Kier alpha value is -2.17. The van der Waals surface area contributed by atoms with Gasteiger partial charge in [-0.3, -0.25) is 9.88 Å². The molecule has 0 aliphatic carbocycles. The van der Waals surface area contributed by atoms with E-state index in [9.17, 15) is 4.39 Å². The SMILES string of the molecule is Fc1cc2cnccc2cc1OC1CCN(Cc2ccccc2Cl)CC1. The van der Waals surface area contributed by atoms with Gasteiger partial charge in [0.2, 0.25) is 0 Å². The standard InChI is InChI=1S/C21H20ClFN2O/c22-19-4-2-1-3-16(19)14-25-9-6-18(7-10-25)26-21-12-15-5-8-24-13-17(15)11-20(21)23/h1-5,8,11-13,18H,6-7,9-10,14H2. The Morgan fingerprint density at radius 1 is 1.12 bits per heavy atom. The Labute approximate surface area is 157 Å². The maximum atomic E-state index is 14.3. The number of benzene rings is 2. The number of fused-ring (bicyclic) bond motifs is 1. The van der Waals surface area contributed by atoms with Gasteiger partial charge in [-0.2, -0.15) is 0 Å². The quantitative estimate of drug-likeness (QED) is 0.641. The van der Waals surface area contributed by atoms with E-state index in [0.717, 1.165) is 53.8 Å². The maximum absolute atomic E-state index is 14.3. The van der Waals surface area contributed by atoms with Gasteiger partial charge >= 0.3 is 0 Å². The van der Waals surface area contributed by atoms with Crippen LogP contribution >= 0.6 is 11.6 Å². The van der Waals surface area contributed by atoms with Gasteiger partial charge in [0.15, 0.2) is 11.6 Å². The summed E-state index contributed by atoms with van der Waals surface area (Å²) in [6.07, 6.45) is 5.15. The second-order valence-corrected chi connectivity index (χ2v) is 7.10. The lowest BCUT2D eigenvalue weighted by atomic mass is 10.1. The molecular weight excluding hydrogens is 351 g/mol. The van der Waals surface area contributed by atoms with Gasteiger partial charge < -0.3 is 4.74 Å². The van der Waals surface area contributed by atoms with E-state index < -0.39 is 0 Å². The van der Waals surface area contributed by atoms with Crippen molar-refractivity contribution < 1.29 is 9.13 Å². The van der Waals surface area contributed by atoms with Gasteiger partial charge in [0.25, 0.3) is 0 Å². The van der Waals surface area contributed by atoms with Crippen molar-refractivity contribution >= 4 is 22.4 Å². The number of likely N-dealkylation sites (tertiary alicyclic amines) is 1. The van der Waals surface area contributed by atoms with Crippen LogP contribution in [0.5, 0.6) is 5.75 Å². The van der Waals surface area contributed by atoms with E-state index in [1.54, 1.807) is 18.5 Å². The van der Waals surface area contributed by atoms with Crippen LogP contribution in [-0.2, 0) is 6.54 Å². The predicted molar refractivity (Wildman–Crippen MR) is 102 cm³/mol. The maximum Gasteiger partial charge on any atom is 0.165 e. The Morgan fingerprint density at radius 2 is 1.92 bits per heavy atom. The van der Waals surface area contributed by atoms with Crippen LogP contribution in [0.4, 0.5) is 4.39 Å². The molecular formula is C21H20ClFN2O. The average Bonchev–Trinajstić information content (AvgIpc) is 2.66. The summed E-state index contributed by atoms with van der Waals surface area (Å²) in [5.41, 5.74) is 1.14. The first-order valence-electron chi connectivity index (χ1n) is 8.85. The zero-order chi connectivity index (χ0) is 17.9. The Morgan fingerprint density at radius 3 is 2.73 bits per heavy atom. The lowest BCUT2D eigenvalue weighted by Gasteiger charge is -2.32. The number of ether oxygens (including phenoxy) is 1. The molecule has 0 saturated carbocycles. The molecule has 5 heteroatoms. The van der Waals surface area contributed by atoms with Crippen molar-refractivity contribution in [3.05, 3.63) is 71.3 Å². The lowest BCUT2D eigenvalue weighted by Crippen LogP contribution is -2.37. The van der Waals surface area contributed by atoms with Crippen LogP contribution < -0.4 is 4.74 Å². The molecule has 1 aliphatic heterocycles. The second kappa shape index (κ2) is 7.60. The van der Waals surface area contributed by atoms with Gasteiger partial charge in [0.1, 0.15) is 6.10 Å². The minimum absolute atomic E-state index is 0.0336. The smallest absolute Gasteiger partial charge is 0.165 e. The zero-order valence-electron chi connectivity index (χ0n) is 14.4. The number of halogens is 2. The molecule has 3 nitrogen and oxygen atoms in total. The van der Waals surface area contributed by atoms with Gasteiger partial charge in [0, 0.05) is 42.4 Å². The number of hydrogen-bond donors (Lipinski definition) is 0. The van der Waals surface area contributed by atoms with Crippen LogP contribution in [-0.4, -0.2) is 29.1 Å². The third-order valence-corrected chi connectivity index (χ3v) is 5.24. The monoisotopic (exact) mass is 370 g/mol. The Balaban J connectivity index is 1.38. The number of hydrogen-bond acceptors (Lipinski definition) is 3. The molecule has 0 amide bonds. The summed E-state index contributed by atoms with van der Waals surface area (Å²) in [6.45, 7) is 2.66. The summed E-state index contributed by atoms with van der Waals surface area (Å²) < 4.78 is 20.3. The molecule has 2 aromatic carbocycles. The van der Waals surface area contributed by atoms with Crippen molar-refractivity contribution in [3.63, 3.8) is 0 Å². The summed E-state index contributed by atoms with van der Waals surface area (Å²) in [7, 11) is 0. The molecule has 4 rings (SSSR count). The molecule has 1 saturated heterocycles. The van der Waals surface area contributed by atoms with Gasteiger partial charge in [-0.15, -0.1) is 0 Å². The van der Waals surface area contributed by atoms with Gasteiger partial charge in [-0.1, -0.05) is 29.8 Å². The molecule has 0 N–H and O–H groups in total. The number of nitrogens with zero attached hydrogens (tertiary/aromatic N) is 2. The first-order valence-corrected chi connectivity index (χ1v) is 9.22. The summed E-state index contributed by atoms with van der Waals surface area (Å²) in [4.78, 5) is 6.39. The van der Waals surface area contributed by atoms with E-state index in [4.69, 9.17) is 16.3 Å². The summed E-state index contributed by atoms with van der Waals surface area (Å²) >= 11 is 6.25. The molecule has 0 unspecified atom stereocenters. The predicted octanol–water partition coefficient (Wildman–Crippen LogP) is 5.07. The fourth-order valence-electron chi connectivity index (χ4n) is 3.41. The van der Waals surface area contributed by atoms with Crippen LogP contribution in [0.2, 0.25) is 5.02 Å². The van der Waals surface area contributed by atoms with E-state index in [0.29, 0.717) is 5.75 Å². The van der Waals surface area contributed by atoms with Crippen molar-refractivity contribution in [2.24, 2.45) is 0 Å². The van der Waals surface area contributed by atoms with Crippen molar-refractivity contribution in [1.29, 1.82) is 0 Å². The van der Waals surface area contributed by atoms with Crippen molar-refractivity contribution in [2.75, 3.05) is 13.1 Å². The van der Waals surface area contributed by atoms with Gasteiger partial charge in [-0.25, -0.2) is 4.39 Å². The third-order valence-electron chi connectivity index (χ3n) is 4.87. The highest BCUT2D eigenvalue weighted by Crippen LogP contribution is 2.27. The minimum Gasteiger partial charge on any atom is -0.487 e. The lowest BCUT2D eigenvalue weighted by molar-refractivity contribution is 0.0937. The summed E-state index contributed by atoms with van der Waals surface area (Å²) in [5.74, 6) is -0.00255. The number of pyridine rings is 1. The second-order valence-electron chi connectivity index (χ2n) is 6.69. The Kier molecular flexibility index (Phi) is 5.05. The number of piperidine rings is 1. The van der Waals surface area contributed by atoms with Crippen LogP contribution in [0, 0.1) is 5.82 Å². The summed E-state index contributed by atoms with van der Waals surface area (Å²) in [6, 6.07) is 13.1. The fraction of sp³-hybridized carbons (Fsp3) is 0.286. The van der Waals surface area contributed by atoms with Crippen molar-refractivity contribution in [2.45, 2.75) is 25.5 Å². The number of rotatable bonds is 4. The normalized spacial score (nSPS) is 16.1. The first kappa shape index (κ1) is 17.3. The van der Waals surface area contributed by atoms with Gasteiger partial charge in [-0.05, 0) is 48.1 Å². The minimum atomic E-state index is -0.330.